The Morgan fingerprint density at radius 1 is 1.11 bits per heavy atom. The lowest BCUT2D eigenvalue weighted by atomic mass is 10.2. The minimum atomic E-state index is -0.593. The van der Waals surface area contributed by atoms with Gasteiger partial charge < -0.3 is 4.90 Å². The molecule has 96 valence electrons. The van der Waals surface area contributed by atoms with Crippen LogP contribution in [0.3, 0.4) is 0 Å². The minimum Gasteiger partial charge on any atom is -0.340 e. The summed E-state index contributed by atoms with van der Waals surface area (Å²) < 4.78 is 27.9. The smallest absolute Gasteiger partial charge is 0.162 e. The molecule has 0 saturated heterocycles. The van der Waals surface area contributed by atoms with Crippen molar-refractivity contribution in [3.8, 4) is 6.07 Å². The number of hydrogen-bond donors (Lipinski definition) is 0. The van der Waals surface area contributed by atoms with E-state index in [0.29, 0.717) is 0 Å². The second-order valence-corrected chi connectivity index (χ2v) is 4.68. The van der Waals surface area contributed by atoms with Crippen molar-refractivity contribution in [2.45, 2.75) is 0 Å². The Kier molecular flexibility index (Phi) is 3.82. The molecular formula is C14H9BrF2N2. The molecule has 2 aromatic rings. The molecule has 0 aliphatic carbocycles. The van der Waals surface area contributed by atoms with Crippen LogP contribution < -0.4 is 4.90 Å². The van der Waals surface area contributed by atoms with Crippen molar-refractivity contribution in [3.05, 3.63) is 58.1 Å². The summed E-state index contributed by atoms with van der Waals surface area (Å²) in [7, 11) is 1.56. The molecule has 0 aliphatic rings. The maximum Gasteiger partial charge on any atom is 0.162 e. The van der Waals surface area contributed by atoms with Gasteiger partial charge in [0.2, 0.25) is 0 Å². The van der Waals surface area contributed by atoms with Crippen molar-refractivity contribution in [2.75, 3.05) is 11.9 Å². The van der Waals surface area contributed by atoms with Gasteiger partial charge >= 0.3 is 0 Å². The number of rotatable bonds is 2. The molecule has 0 atom stereocenters. The molecule has 0 heterocycles. The summed E-state index contributed by atoms with van der Waals surface area (Å²) in [5.41, 5.74) is 0.650. The first-order chi connectivity index (χ1) is 9.06. The summed E-state index contributed by atoms with van der Waals surface area (Å²) >= 11 is 3.03. The zero-order valence-electron chi connectivity index (χ0n) is 9.99. The summed E-state index contributed by atoms with van der Waals surface area (Å²) in [6.45, 7) is 0. The van der Waals surface area contributed by atoms with Crippen molar-refractivity contribution in [3.63, 3.8) is 0 Å². The Hall–Kier alpha value is -1.93. The summed E-state index contributed by atoms with van der Waals surface area (Å²) in [6.07, 6.45) is 0. The lowest BCUT2D eigenvalue weighted by Gasteiger charge is -2.21. The molecule has 2 nitrogen and oxygen atoms in total. The molecule has 2 aromatic carbocycles. The molecule has 0 amide bonds. The molecule has 0 spiro atoms. The van der Waals surface area contributed by atoms with E-state index in [2.05, 4.69) is 15.9 Å². The van der Waals surface area contributed by atoms with E-state index in [1.54, 1.807) is 25.2 Å². The molecular weight excluding hydrogens is 314 g/mol. The highest BCUT2D eigenvalue weighted by molar-refractivity contribution is 9.10. The molecule has 0 aliphatic heterocycles. The number of nitrogens with zero attached hydrogens (tertiary/aromatic N) is 2. The lowest BCUT2D eigenvalue weighted by Crippen LogP contribution is -2.13. The third-order valence-corrected chi connectivity index (χ3v) is 3.53. The van der Waals surface area contributed by atoms with Crippen LogP contribution in [-0.4, -0.2) is 7.05 Å². The normalized spacial score (nSPS) is 10.1. The predicted octanol–water partition coefficient (Wildman–Crippen LogP) is 4.37. The zero-order valence-corrected chi connectivity index (χ0v) is 11.6. The van der Waals surface area contributed by atoms with Crippen molar-refractivity contribution in [1.29, 1.82) is 5.26 Å². The summed E-state index contributed by atoms with van der Waals surface area (Å²) in [6, 6.07) is 10.9. The lowest BCUT2D eigenvalue weighted by molar-refractivity contribution is 0.613. The molecule has 19 heavy (non-hydrogen) atoms. The standard InChI is InChI=1S/C14H9BrF2N2/c1-19(11-5-3-2-4-10(11)16)12-7-6-9(8-18)13(15)14(12)17/h2-7H,1H3. The van der Waals surface area contributed by atoms with Crippen LogP contribution in [0.1, 0.15) is 5.56 Å². The van der Waals surface area contributed by atoms with Gasteiger partial charge in [-0.1, -0.05) is 12.1 Å². The predicted molar refractivity (Wildman–Crippen MR) is 73.3 cm³/mol. The first-order valence-corrected chi connectivity index (χ1v) is 6.22. The van der Waals surface area contributed by atoms with Gasteiger partial charge in [-0.3, -0.25) is 0 Å². The average molecular weight is 323 g/mol. The van der Waals surface area contributed by atoms with Crippen LogP contribution >= 0.6 is 15.9 Å². The molecule has 0 unspecified atom stereocenters. The molecule has 0 aromatic heterocycles. The number of hydrogen-bond acceptors (Lipinski definition) is 2. The van der Waals surface area contributed by atoms with E-state index < -0.39 is 11.6 Å². The number of benzene rings is 2. The van der Waals surface area contributed by atoms with Gasteiger partial charge in [0.15, 0.2) is 5.82 Å². The van der Waals surface area contributed by atoms with Gasteiger partial charge in [0.05, 0.1) is 21.4 Å². The number of para-hydroxylation sites is 1. The topological polar surface area (TPSA) is 27.0 Å². The molecule has 5 heteroatoms. The fourth-order valence-corrected chi connectivity index (χ4v) is 2.16. The fourth-order valence-electron chi connectivity index (χ4n) is 1.74. The zero-order chi connectivity index (χ0) is 14.0. The summed E-state index contributed by atoms with van der Waals surface area (Å²) in [5, 5.41) is 8.81. The van der Waals surface area contributed by atoms with Crippen LogP contribution in [0.15, 0.2) is 40.9 Å². The van der Waals surface area contributed by atoms with Gasteiger partial charge in [0.25, 0.3) is 0 Å². The molecule has 2 rings (SSSR count). The number of nitriles is 1. The quantitative estimate of drug-likeness (QED) is 0.821. The first kappa shape index (κ1) is 13.5. The van der Waals surface area contributed by atoms with Crippen LogP contribution in [0.4, 0.5) is 20.2 Å². The third-order valence-electron chi connectivity index (χ3n) is 2.76. The van der Waals surface area contributed by atoms with Gasteiger partial charge in [0, 0.05) is 7.05 Å². The molecule has 0 saturated carbocycles. The van der Waals surface area contributed by atoms with E-state index in [0.717, 1.165) is 0 Å². The first-order valence-electron chi connectivity index (χ1n) is 5.42. The van der Waals surface area contributed by atoms with E-state index >= 15 is 0 Å². The van der Waals surface area contributed by atoms with Gasteiger partial charge in [-0.25, -0.2) is 8.78 Å². The maximum absolute atomic E-state index is 14.2. The van der Waals surface area contributed by atoms with E-state index in [9.17, 15) is 8.78 Å². The SMILES string of the molecule is CN(c1ccccc1F)c1ccc(C#N)c(Br)c1F. The molecule has 0 N–H and O–H groups in total. The highest BCUT2D eigenvalue weighted by Gasteiger charge is 2.17. The summed E-state index contributed by atoms with van der Waals surface area (Å²) in [5.74, 6) is -1.03. The second-order valence-electron chi connectivity index (χ2n) is 3.88. The van der Waals surface area contributed by atoms with Crippen molar-refractivity contribution < 1.29 is 8.78 Å². The Bertz CT molecular complexity index is 665. The van der Waals surface area contributed by atoms with Crippen LogP contribution in [-0.2, 0) is 0 Å². The third kappa shape index (κ3) is 2.45. The molecule has 0 radical (unpaired) electrons. The molecule has 0 bridgehead atoms. The van der Waals surface area contributed by atoms with Crippen LogP contribution in [0, 0.1) is 23.0 Å². The minimum absolute atomic E-state index is 0.0793. The Morgan fingerprint density at radius 3 is 2.42 bits per heavy atom. The van der Waals surface area contributed by atoms with E-state index in [1.807, 2.05) is 6.07 Å². The van der Waals surface area contributed by atoms with Crippen molar-refractivity contribution in [1.82, 2.24) is 0 Å². The Labute approximate surface area is 118 Å². The Balaban J connectivity index is 2.52. The highest BCUT2D eigenvalue weighted by Crippen LogP contribution is 2.33. The van der Waals surface area contributed by atoms with Crippen LogP contribution in [0.25, 0.3) is 0 Å². The number of halogens is 3. The monoisotopic (exact) mass is 322 g/mol. The van der Waals surface area contributed by atoms with E-state index in [4.69, 9.17) is 5.26 Å². The fraction of sp³-hybridized carbons (Fsp3) is 0.0714. The highest BCUT2D eigenvalue weighted by atomic mass is 79.9. The van der Waals surface area contributed by atoms with Gasteiger partial charge in [0.1, 0.15) is 11.9 Å². The summed E-state index contributed by atoms with van der Waals surface area (Å²) in [4.78, 5) is 1.40. The van der Waals surface area contributed by atoms with E-state index in [1.165, 1.54) is 23.1 Å². The van der Waals surface area contributed by atoms with Gasteiger partial charge in [-0.2, -0.15) is 5.26 Å². The largest absolute Gasteiger partial charge is 0.340 e. The van der Waals surface area contributed by atoms with Crippen LogP contribution in [0.5, 0.6) is 0 Å². The van der Waals surface area contributed by atoms with Crippen molar-refractivity contribution >= 4 is 27.3 Å². The maximum atomic E-state index is 14.2. The van der Waals surface area contributed by atoms with Crippen molar-refractivity contribution in [2.24, 2.45) is 0 Å². The van der Waals surface area contributed by atoms with Gasteiger partial charge in [-0.15, -0.1) is 0 Å². The number of anilines is 2. The van der Waals surface area contributed by atoms with E-state index in [-0.39, 0.29) is 21.4 Å². The molecule has 0 fully saturated rings. The second kappa shape index (κ2) is 5.37. The Morgan fingerprint density at radius 2 is 1.79 bits per heavy atom. The van der Waals surface area contributed by atoms with Crippen LogP contribution in [0.2, 0.25) is 0 Å². The van der Waals surface area contributed by atoms with Gasteiger partial charge in [-0.05, 0) is 40.2 Å². The average Bonchev–Trinajstić information content (AvgIpc) is 2.41.